The van der Waals surface area contributed by atoms with Gasteiger partial charge in [0.15, 0.2) is 0 Å². The number of carbonyl (C=O) groups is 1. The Kier molecular flexibility index (Phi) is 5.90. The van der Waals surface area contributed by atoms with Crippen LogP contribution in [0, 0.1) is 13.8 Å². The third-order valence-electron chi connectivity index (χ3n) is 3.76. The molecule has 0 unspecified atom stereocenters. The Balaban J connectivity index is 2.06. The lowest BCUT2D eigenvalue weighted by Crippen LogP contribution is -2.26. The van der Waals surface area contributed by atoms with Crippen molar-refractivity contribution < 1.29 is 9.90 Å². The van der Waals surface area contributed by atoms with Gasteiger partial charge in [0.25, 0.3) is 0 Å². The standard InChI is InChI=1S/C17H24N4O2/c1-13-17(18-16(23)9-10-20(3)11-12-22)14(2)21(19-13)15-7-5-4-6-8-15/h4-8,22H,9-12H2,1-3H3,(H,18,23). The Bertz CT molecular complexity index is 652. The lowest BCUT2D eigenvalue weighted by molar-refractivity contribution is -0.116. The molecule has 124 valence electrons. The van der Waals surface area contributed by atoms with Gasteiger partial charge in [0, 0.05) is 19.5 Å². The van der Waals surface area contributed by atoms with Gasteiger partial charge in [-0.1, -0.05) is 18.2 Å². The van der Waals surface area contributed by atoms with Crippen molar-refractivity contribution in [2.24, 2.45) is 0 Å². The van der Waals surface area contributed by atoms with Crippen LogP contribution in [0.1, 0.15) is 17.8 Å². The fourth-order valence-electron chi connectivity index (χ4n) is 2.42. The summed E-state index contributed by atoms with van der Waals surface area (Å²) in [6.45, 7) is 5.11. The SMILES string of the molecule is Cc1nn(-c2ccccc2)c(C)c1NC(=O)CCN(C)CCO. The molecule has 2 rings (SSSR count). The van der Waals surface area contributed by atoms with Crippen LogP contribution in [0.3, 0.4) is 0 Å². The Morgan fingerprint density at radius 2 is 1.96 bits per heavy atom. The first-order valence-electron chi connectivity index (χ1n) is 7.74. The molecule has 0 spiro atoms. The molecule has 0 radical (unpaired) electrons. The highest BCUT2D eigenvalue weighted by Gasteiger charge is 2.15. The zero-order chi connectivity index (χ0) is 16.8. The van der Waals surface area contributed by atoms with Crippen LogP contribution in [0.5, 0.6) is 0 Å². The van der Waals surface area contributed by atoms with Crippen LogP contribution in [0.4, 0.5) is 5.69 Å². The topological polar surface area (TPSA) is 70.4 Å². The lowest BCUT2D eigenvalue weighted by atomic mass is 10.2. The summed E-state index contributed by atoms with van der Waals surface area (Å²) in [6, 6.07) is 9.84. The molecule has 23 heavy (non-hydrogen) atoms. The Morgan fingerprint density at radius 3 is 2.61 bits per heavy atom. The molecule has 1 amide bonds. The fraction of sp³-hybridized carbons (Fsp3) is 0.412. The second-order valence-electron chi connectivity index (χ2n) is 5.62. The molecule has 0 saturated carbocycles. The minimum Gasteiger partial charge on any atom is -0.395 e. The Hall–Kier alpha value is -2.18. The van der Waals surface area contributed by atoms with Gasteiger partial charge in [-0.3, -0.25) is 4.79 Å². The molecule has 6 heteroatoms. The van der Waals surface area contributed by atoms with Gasteiger partial charge in [0.2, 0.25) is 5.91 Å². The summed E-state index contributed by atoms with van der Waals surface area (Å²) in [4.78, 5) is 14.1. The number of hydrogen-bond donors (Lipinski definition) is 2. The van der Waals surface area contributed by atoms with E-state index in [1.54, 1.807) is 0 Å². The fourth-order valence-corrected chi connectivity index (χ4v) is 2.42. The first-order chi connectivity index (χ1) is 11.0. The van der Waals surface area contributed by atoms with Crippen molar-refractivity contribution in [3.8, 4) is 5.69 Å². The normalized spacial score (nSPS) is 11.0. The molecule has 0 fully saturated rings. The molecule has 1 heterocycles. The molecule has 0 saturated heterocycles. The van der Waals surface area contributed by atoms with Crippen LogP contribution in [-0.4, -0.2) is 52.4 Å². The van der Waals surface area contributed by atoms with Gasteiger partial charge in [-0.15, -0.1) is 0 Å². The molecular weight excluding hydrogens is 292 g/mol. The number of benzene rings is 1. The molecule has 0 aliphatic carbocycles. The summed E-state index contributed by atoms with van der Waals surface area (Å²) in [6.07, 6.45) is 0.381. The number of hydrogen-bond acceptors (Lipinski definition) is 4. The highest BCUT2D eigenvalue weighted by atomic mass is 16.3. The van der Waals surface area contributed by atoms with Gasteiger partial charge >= 0.3 is 0 Å². The number of nitrogens with one attached hydrogen (secondary N) is 1. The van der Waals surface area contributed by atoms with Crippen LogP contribution in [0.15, 0.2) is 30.3 Å². The molecule has 0 bridgehead atoms. The number of nitrogens with zero attached hydrogens (tertiary/aromatic N) is 3. The minimum atomic E-state index is -0.0476. The van der Waals surface area contributed by atoms with Crippen LogP contribution >= 0.6 is 0 Å². The van der Waals surface area contributed by atoms with E-state index in [0.717, 1.165) is 22.8 Å². The Labute approximate surface area is 136 Å². The van der Waals surface area contributed by atoms with Crippen LogP contribution in [0.25, 0.3) is 5.69 Å². The number of aliphatic hydroxyl groups is 1. The van der Waals surface area contributed by atoms with Crippen molar-refractivity contribution in [3.05, 3.63) is 41.7 Å². The number of para-hydroxylation sites is 1. The number of likely N-dealkylation sites (N-methyl/N-ethyl adjacent to an activating group) is 1. The van der Waals surface area contributed by atoms with Gasteiger partial charge in [0.05, 0.1) is 29.4 Å². The number of aromatic nitrogens is 2. The molecule has 6 nitrogen and oxygen atoms in total. The van der Waals surface area contributed by atoms with Crippen LogP contribution < -0.4 is 5.32 Å². The number of aliphatic hydroxyl groups excluding tert-OH is 1. The van der Waals surface area contributed by atoms with Crippen molar-refractivity contribution in [2.75, 3.05) is 32.1 Å². The predicted molar refractivity (Wildman–Crippen MR) is 90.9 cm³/mol. The number of carbonyl (C=O) groups excluding carboxylic acids is 1. The maximum atomic E-state index is 12.1. The van der Waals surface area contributed by atoms with Gasteiger partial charge in [0.1, 0.15) is 0 Å². The van der Waals surface area contributed by atoms with E-state index in [1.807, 2.05) is 60.8 Å². The van der Waals surface area contributed by atoms with E-state index in [2.05, 4.69) is 10.4 Å². The van der Waals surface area contributed by atoms with Gasteiger partial charge < -0.3 is 15.3 Å². The van der Waals surface area contributed by atoms with E-state index >= 15 is 0 Å². The molecular formula is C17H24N4O2. The van der Waals surface area contributed by atoms with E-state index < -0.39 is 0 Å². The number of anilines is 1. The molecule has 1 aromatic heterocycles. The third kappa shape index (κ3) is 4.40. The molecule has 0 aliphatic rings. The quantitative estimate of drug-likeness (QED) is 0.816. The van der Waals surface area contributed by atoms with Crippen molar-refractivity contribution in [1.29, 1.82) is 0 Å². The van der Waals surface area contributed by atoms with Crippen molar-refractivity contribution in [3.63, 3.8) is 0 Å². The summed E-state index contributed by atoms with van der Waals surface area (Å²) in [5.74, 6) is -0.0476. The van der Waals surface area contributed by atoms with Gasteiger partial charge in [-0.05, 0) is 33.0 Å². The number of rotatable bonds is 7. The second kappa shape index (κ2) is 7.89. The van der Waals surface area contributed by atoms with E-state index in [0.29, 0.717) is 19.5 Å². The average Bonchev–Trinajstić information content (AvgIpc) is 2.82. The molecule has 0 atom stereocenters. The first-order valence-corrected chi connectivity index (χ1v) is 7.74. The average molecular weight is 316 g/mol. The van der Waals surface area contributed by atoms with E-state index in [-0.39, 0.29) is 12.5 Å². The molecule has 2 aromatic rings. The maximum absolute atomic E-state index is 12.1. The second-order valence-corrected chi connectivity index (χ2v) is 5.62. The van der Waals surface area contributed by atoms with Crippen LogP contribution in [0.2, 0.25) is 0 Å². The van der Waals surface area contributed by atoms with Gasteiger partial charge in [-0.25, -0.2) is 4.68 Å². The molecule has 2 N–H and O–H groups in total. The number of amides is 1. The summed E-state index contributed by atoms with van der Waals surface area (Å²) < 4.78 is 1.84. The molecule has 1 aromatic carbocycles. The highest BCUT2D eigenvalue weighted by molar-refractivity contribution is 5.92. The first kappa shape index (κ1) is 17.2. The van der Waals surface area contributed by atoms with Crippen molar-refractivity contribution in [2.45, 2.75) is 20.3 Å². The number of aryl methyl sites for hydroxylation is 1. The van der Waals surface area contributed by atoms with Crippen molar-refractivity contribution in [1.82, 2.24) is 14.7 Å². The maximum Gasteiger partial charge on any atom is 0.225 e. The molecule has 0 aliphatic heterocycles. The van der Waals surface area contributed by atoms with Gasteiger partial charge in [-0.2, -0.15) is 5.10 Å². The van der Waals surface area contributed by atoms with E-state index in [9.17, 15) is 4.79 Å². The largest absolute Gasteiger partial charge is 0.395 e. The van der Waals surface area contributed by atoms with E-state index in [4.69, 9.17) is 5.11 Å². The van der Waals surface area contributed by atoms with Crippen molar-refractivity contribution >= 4 is 11.6 Å². The zero-order valence-corrected chi connectivity index (χ0v) is 13.9. The smallest absolute Gasteiger partial charge is 0.225 e. The summed E-state index contributed by atoms with van der Waals surface area (Å²) >= 11 is 0. The summed E-state index contributed by atoms with van der Waals surface area (Å²) in [7, 11) is 1.88. The summed E-state index contributed by atoms with van der Waals surface area (Å²) in [5, 5.41) is 16.3. The minimum absolute atomic E-state index is 0.0476. The monoisotopic (exact) mass is 316 g/mol. The predicted octanol–water partition coefficient (Wildman–Crippen LogP) is 1.74. The highest BCUT2D eigenvalue weighted by Crippen LogP contribution is 2.22. The third-order valence-corrected chi connectivity index (χ3v) is 3.76. The lowest BCUT2D eigenvalue weighted by Gasteiger charge is -2.14. The van der Waals surface area contributed by atoms with Crippen LogP contribution in [-0.2, 0) is 4.79 Å². The zero-order valence-electron chi connectivity index (χ0n) is 13.9. The van der Waals surface area contributed by atoms with E-state index in [1.165, 1.54) is 0 Å². The summed E-state index contributed by atoms with van der Waals surface area (Å²) in [5.41, 5.74) is 3.44. The Morgan fingerprint density at radius 1 is 1.26 bits per heavy atom.